The van der Waals surface area contributed by atoms with Crippen LogP contribution >= 0.6 is 0 Å². The van der Waals surface area contributed by atoms with Gasteiger partial charge in [-0.25, -0.2) is 13.1 Å². The van der Waals surface area contributed by atoms with Gasteiger partial charge in [0, 0.05) is 0 Å². The van der Waals surface area contributed by atoms with E-state index in [-0.39, 0.29) is 4.90 Å². The van der Waals surface area contributed by atoms with E-state index in [2.05, 4.69) is 4.72 Å². The molecule has 0 aromatic heterocycles. The molecule has 1 aromatic carbocycles. The molecule has 0 aliphatic rings. The number of aliphatic hydroxyl groups is 2. The van der Waals surface area contributed by atoms with Gasteiger partial charge in [0.1, 0.15) is 0 Å². The van der Waals surface area contributed by atoms with Crippen molar-refractivity contribution < 1.29 is 18.6 Å². The maximum atomic E-state index is 12.0. The lowest BCUT2D eigenvalue weighted by atomic mass is 10.1. The minimum Gasteiger partial charge on any atom is -0.394 e. The first kappa shape index (κ1) is 14.1. The minimum atomic E-state index is -3.73. The quantitative estimate of drug-likeness (QED) is 0.695. The Kier molecular flexibility index (Phi) is 4.26. The lowest BCUT2D eigenvalue weighted by Gasteiger charge is -2.25. The van der Waals surface area contributed by atoms with Crippen molar-refractivity contribution in [2.75, 3.05) is 13.2 Å². The van der Waals surface area contributed by atoms with Crippen molar-refractivity contribution >= 4 is 10.0 Å². The number of rotatable bonds is 5. The molecule has 0 unspecified atom stereocenters. The normalized spacial score (nSPS) is 12.7. The zero-order valence-corrected chi connectivity index (χ0v) is 10.7. The molecule has 0 aliphatic carbocycles. The topological polar surface area (TPSA) is 86.6 Å². The van der Waals surface area contributed by atoms with Crippen LogP contribution in [0.2, 0.25) is 0 Å². The number of aliphatic hydroxyl groups excluding tert-OH is 2. The van der Waals surface area contributed by atoms with Gasteiger partial charge in [-0.1, -0.05) is 12.1 Å². The Morgan fingerprint density at radius 3 is 2.35 bits per heavy atom. The Morgan fingerprint density at radius 1 is 1.29 bits per heavy atom. The van der Waals surface area contributed by atoms with E-state index in [0.29, 0.717) is 0 Å². The molecule has 1 aromatic rings. The van der Waals surface area contributed by atoms with Gasteiger partial charge in [0.2, 0.25) is 10.0 Å². The summed E-state index contributed by atoms with van der Waals surface area (Å²) in [5.74, 6) is 0. The lowest BCUT2D eigenvalue weighted by molar-refractivity contribution is 0.122. The van der Waals surface area contributed by atoms with Gasteiger partial charge in [-0.3, -0.25) is 0 Å². The maximum absolute atomic E-state index is 12.0. The third-order valence-corrected chi connectivity index (χ3v) is 4.01. The average molecular weight is 259 g/mol. The van der Waals surface area contributed by atoms with Gasteiger partial charge in [-0.15, -0.1) is 0 Å². The summed E-state index contributed by atoms with van der Waals surface area (Å²) in [5, 5.41) is 18.1. The van der Waals surface area contributed by atoms with Crippen LogP contribution in [0, 0.1) is 6.92 Å². The highest BCUT2D eigenvalue weighted by molar-refractivity contribution is 7.89. The molecule has 0 radical (unpaired) electrons. The molecule has 17 heavy (non-hydrogen) atoms. The van der Waals surface area contributed by atoms with Crippen LogP contribution in [0.4, 0.5) is 0 Å². The van der Waals surface area contributed by atoms with E-state index in [1.807, 2.05) is 0 Å². The molecule has 96 valence electrons. The van der Waals surface area contributed by atoms with Crippen LogP contribution in [0.25, 0.3) is 0 Å². The molecule has 0 amide bonds. The number of sulfonamides is 1. The first-order valence-electron chi connectivity index (χ1n) is 5.15. The van der Waals surface area contributed by atoms with Crippen LogP contribution in [0.3, 0.4) is 0 Å². The molecule has 0 fully saturated rings. The fraction of sp³-hybridized carbons (Fsp3) is 0.455. The van der Waals surface area contributed by atoms with Crippen molar-refractivity contribution in [2.45, 2.75) is 24.3 Å². The molecule has 0 heterocycles. The first-order valence-corrected chi connectivity index (χ1v) is 6.64. The number of hydrogen-bond acceptors (Lipinski definition) is 4. The Labute approximate surface area is 101 Å². The van der Waals surface area contributed by atoms with E-state index in [9.17, 15) is 8.42 Å². The van der Waals surface area contributed by atoms with Gasteiger partial charge >= 0.3 is 0 Å². The van der Waals surface area contributed by atoms with Gasteiger partial charge in [0.25, 0.3) is 0 Å². The van der Waals surface area contributed by atoms with Crippen molar-refractivity contribution in [2.24, 2.45) is 0 Å². The molecular formula is C11H17NO4S. The Morgan fingerprint density at radius 2 is 1.88 bits per heavy atom. The van der Waals surface area contributed by atoms with Gasteiger partial charge in [0.15, 0.2) is 0 Å². The van der Waals surface area contributed by atoms with Gasteiger partial charge < -0.3 is 10.2 Å². The summed E-state index contributed by atoms with van der Waals surface area (Å²) in [6.45, 7) is 2.26. The largest absolute Gasteiger partial charge is 0.394 e. The second-order valence-electron chi connectivity index (χ2n) is 4.30. The third kappa shape index (κ3) is 3.50. The highest BCUT2D eigenvalue weighted by atomic mass is 32.2. The van der Waals surface area contributed by atoms with Crippen LogP contribution < -0.4 is 4.72 Å². The smallest absolute Gasteiger partial charge is 0.241 e. The van der Waals surface area contributed by atoms with Crippen molar-refractivity contribution in [3.63, 3.8) is 0 Å². The standard InChI is InChI=1S/C11H17NO4S/c1-9-4-3-5-10(6-9)17(15,16)12-11(2,7-13)8-14/h3-6,12-14H,7-8H2,1-2H3. The molecule has 0 bridgehead atoms. The summed E-state index contributed by atoms with van der Waals surface area (Å²) in [6, 6.07) is 6.41. The van der Waals surface area contributed by atoms with E-state index in [4.69, 9.17) is 10.2 Å². The molecule has 0 saturated carbocycles. The third-order valence-electron chi connectivity index (χ3n) is 2.38. The number of benzene rings is 1. The van der Waals surface area contributed by atoms with Crippen molar-refractivity contribution in [1.82, 2.24) is 4.72 Å². The fourth-order valence-corrected chi connectivity index (χ4v) is 2.77. The molecule has 0 saturated heterocycles. The second-order valence-corrected chi connectivity index (χ2v) is 5.98. The molecule has 1 rings (SSSR count). The Hall–Kier alpha value is -0.950. The average Bonchev–Trinajstić information content (AvgIpc) is 2.28. The monoisotopic (exact) mass is 259 g/mol. The van der Waals surface area contributed by atoms with Crippen LogP contribution in [-0.2, 0) is 10.0 Å². The number of nitrogens with one attached hydrogen (secondary N) is 1. The van der Waals surface area contributed by atoms with E-state index in [0.717, 1.165) is 5.56 Å². The van der Waals surface area contributed by atoms with Crippen molar-refractivity contribution in [1.29, 1.82) is 0 Å². The molecule has 5 nitrogen and oxygen atoms in total. The molecule has 6 heteroatoms. The van der Waals surface area contributed by atoms with Crippen molar-refractivity contribution in [3.8, 4) is 0 Å². The summed E-state index contributed by atoms with van der Waals surface area (Å²) >= 11 is 0. The molecule has 0 atom stereocenters. The fourth-order valence-electron chi connectivity index (χ4n) is 1.28. The van der Waals surface area contributed by atoms with Crippen LogP contribution in [0.1, 0.15) is 12.5 Å². The Balaban J connectivity index is 3.05. The van der Waals surface area contributed by atoms with E-state index < -0.39 is 28.8 Å². The number of hydrogen-bond donors (Lipinski definition) is 3. The van der Waals surface area contributed by atoms with E-state index in [1.165, 1.54) is 19.1 Å². The molecular weight excluding hydrogens is 242 g/mol. The minimum absolute atomic E-state index is 0.116. The highest BCUT2D eigenvalue weighted by Crippen LogP contribution is 2.14. The number of aryl methyl sites for hydroxylation is 1. The summed E-state index contributed by atoms with van der Waals surface area (Å²) in [5.41, 5.74) is -0.440. The van der Waals surface area contributed by atoms with Gasteiger partial charge in [-0.2, -0.15) is 0 Å². The summed E-state index contributed by atoms with van der Waals surface area (Å²) in [6.07, 6.45) is 0. The van der Waals surface area contributed by atoms with Crippen LogP contribution in [0.15, 0.2) is 29.2 Å². The van der Waals surface area contributed by atoms with Gasteiger partial charge in [0.05, 0.1) is 23.6 Å². The van der Waals surface area contributed by atoms with Gasteiger partial charge in [-0.05, 0) is 31.5 Å². The first-order chi connectivity index (χ1) is 7.83. The second kappa shape index (κ2) is 5.14. The summed E-state index contributed by atoms with van der Waals surface area (Å²) in [4.78, 5) is 0.116. The molecule has 0 aliphatic heterocycles. The molecule has 0 spiro atoms. The van der Waals surface area contributed by atoms with E-state index in [1.54, 1.807) is 19.1 Å². The predicted octanol–water partition coefficient (Wildman–Crippen LogP) is 0.0166. The predicted molar refractivity (Wildman–Crippen MR) is 64.1 cm³/mol. The van der Waals surface area contributed by atoms with Crippen LogP contribution in [0.5, 0.6) is 0 Å². The van der Waals surface area contributed by atoms with Crippen LogP contribution in [-0.4, -0.2) is 37.4 Å². The zero-order valence-electron chi connectivity index (χ0n) is 9.84. The molecule has 3 N–H and O–H groups in total. The summed E-state index contributed by atoms with van der Waals surface area (Å²) in [7, 11) is -3.73. The Bertz CT molecular complexity index is 480. The van der Waals surface area contributed by atoms with E-state index >= 15 is 0 Å². The maximum Gasteiger partial charge on any atom is 0.241 e. The zero-order chi connectivity index (χ0) is 13.1. The highest BCUT2D eigenvalue weighted by Gasteiger charge is 2.29. The lowest BCUT2D eigenvalue weighted by Crippen LogP contribution is -2.51. The summed E-state index contributed by atoms with van der Waals surface area (Å²) < 4.78 is 26.3. The van der Waals surface area contributed by atoms with Crippen molar-refractivity contribution in [3.05, 3.63) is 29.8 Å². The SMILES string of the molecule is Cc1cccc(S(=O)(=O)NC(C)(CO)CO)c1.